The van der Waals surface area contributed by atoms with E-state index in [1.165, 1.54) is 42.8 Å². The summed E-state index contributed by atoms with van der Waals surface area (Å²) >= 11 is 7.04. The fourth-order valence-corrected chi connectivity index (χ4v) is 17.1. The molecule has 0 unspecified atom stereocenters. The molecule has 0 aliphatic carbocycles. The number of fused-ring (bicyclic) bond motifs is 6. The average Bonchev–Trinajstić information content (AvgIpc) is 1.62. The van der Waals surface area contributed by atoms with Crippen molar-refractivity contribution in [2.45, 2.75) is 117 Å². The molecule has 0 radical (unpaired) electrons. The zero-order valence-electron chi connectivity index (χ0n) is 66.0. The fraction of sp³-hybridized carbons (Fsp3) is 0.184. The molecule has 12 aromatic carbocycles. The van der Waals surface area contributed by atoms with Crippen LogP contribution in [0.2, 0.25) is 0 Å². The van der Waals surface area contributed by atoms with Crippen molar-refractivity contribution in [2.75, 3.05) is 0 Å². The third-order valence-corrected chi connectivity index (χ3v) is 26.2. The van der Waals surface area contributed by atoms with Gasteiger partial charge >= 0.3 is 21.1 Å². The summed E-state index contributed by atoms with van der Waals surface area (Å²) in [5, 5.41) is 2.32. The fourth-order valence-electron chi connectivity index (χ4n) is 14.6. The summed E-state index contributed by atoms with van der Waals surface area (Å²) < 4.78 is 42.1. The van der Waals surface area contributed by atoms with E-state index < -0.39 is 14.0 Å². The molecule has 3 saturated heterocycles. The van der Waals surface area contributed by atoms with Crippen LogP contribution < -0.4 is 5.46 Å². The van der Waals surface area contributed by atoms with Gasteiger partial charge in [-0.15, -0.1) is 22.7 Å². The SMILES string of the molecule is Brc1ccc(-c2ccc(-c3cccc(-c4nc(-c5ccc(-c6ccccc6)cc5)c5sc6ccccc6c5n4)c3)cc2)cc1.CC1(C)OB(B2OC(C)(C)C(C)(C)O2)OC1(C)C.CC1(C)OB(c2ccc(-c3ccc(-c4cccc(-c5nc(-c6ccc(-c7ccccc7)cc6)c6sc7ccccc7c6n5)c4)cc3)cc2)OC1(C)C. The molecule has 3 aliphatic heterocycles. The van der Waals surface area contributed by atoms with E-state index in [4.69, 9.17) is 47.9 Å². The normalized spacial score (nSPS) is 16.3. The van der Waals surface area contributed by atoms with Crippen LogP contribution in [-0.4, -0.2) is 74.7 Å². The van der Waals surface area contributed by atoms with Gasteiger partial charge in [0.1, 0.15) is 0 Å². The monoisotopic (exact) mass is 1590 g/mol. The zero-order valence-corrected chi connectivity index (χ0v) is 69.3. The third-order valence-electron chi connectivity index (χ3n) is 23.4. The van der Waals surface area contributed by atoms with Gasteiger partial charge in [-0.1, -0.05) is 283 Å². The molecular weight excluding hydrogens is 1510 g/mol. The van der Waals surface area contributed by atoms with Gasteiger partial charge in [0.25, 0.3) is 0 Å². The molecule has 7 heterocycles. The van der Waals surface area contributed by atoms with Crippen LogP contribution >= 0.6 is 38.6 Å². The van der Waals surface area contributed by atoms with Gasteiger partial charge in [-0.3, -0.25) is 0 Å². The van der Waals surface area contributed by atoms with E-state index in [2.05, 4.69) is 335 Å². The Hall–Kier alpha value is -10.3. The van der Waals surface area contributed by atoms with Crippen LogP contribution in [0, 0.1) is 0 Å². The molecule has 16 aromatic rings. The number of hydrogen-bond acceptors (Lipinski definition) is 12. The number of rotatable bonds is 12. The number of hydrogen-bond donors (Lipinski definition) is 0. The van der Waals surface area contributed by atoms with Crippen LogP contribution in [0.25, 0.3) is 153 Å². The van der Waals surface area contributed by atoms with E-state index in [1.54, 1.807) is 22.7 Å². The first kappa shape index (κ1) is 76.3. The van der Waals surface area contributed by atoms with Gasteiger partial charge in [0.2, 0.25) is 0 Å². The van der Waals surface area contributed by atoms with Crippen molar-refractivity contribution in [3.05, 3.63) is 308 Å². The lowest BCUT2D eigenvalue weighted by molar-refractivity contribution is 0.00578. The van der Waals surface area contributed by atoms with Gasteiger partial charge < -0.3 is 27.9 Å². The van der Waals surface area contributed by atoms with Gasteiger partial charge in [0.15, 0.2) is 11.6 Å². The summed E-state index contributed by atoms with van der Waals surface area (Å²) in [6.07, 6.45) is 0. The maximum absolute atomic E-state index is 6.26. The number of aromatic nitrogens is 4. The molecule has 0 bridgehead atoms. The topological polar surface area (TPSA) is 107 Å². The van der Waals surface area contributed by atoms with E-state index in [1.807, 2.05) is 67.5 Å². The highest BCUT2D eigenvalue weighted by molar-refractivity contribution is 9.10. The Morgan fingerprint density at radius 2 is 0.518 bits per heavy atom. The van der Waals surface area contributed by atoms with E-state index >= 15 is 0 Å². The molecule has 3 aliphatic rings. The minimum absolute atomic E-state index is 0.360. The van der Waals surface area contributed by atoms with Gasteiger partial charge in [-0.05, 0) is 192 Å². The molecule has 10 nitrogen and oxygen atoms in total. The molecule has 19 rings (SSSR count). The molecule has 562 valence electrons. The molecule has 0 saturated carbocycles. The molecule has 0 atom stereocenters. The van der Waals surface area contributed by atoms with Gasteiger partial charge in [0.05, 0.1) is 65.4 Å². The van der Waals surface area contributed by atoms with Gasteiger partial charge in [-0.25, -0.2) is 19.9 Å². The average molecular weight is 1590 g/mol. The lowest BCUT2D eigenvalue weighted by Gasteiger charge is -2.32. The van der Waals surface area contributed by atoms with Crippen LogP contribution in [0.3, 0.4) is 0 Å². The summed E-state index contributed by atoms with van der Waals surface area (Å²) in [4.78, 5) is 20.9. The molecule has 3 fully saturated rings. The molecule has 0 N–H and O–H groups in total. The van der Waals surface area contributed by atoms with Crippen LogP contribution in [-0.2, 0) is 27.9 Å². The Morgan fingerprint density at radius 1 is 0.254 bits per heavy atom. The molecule has 114 heavy (non-hydrogen) atoms. The summed E-state index contributed by atoms with van der Waals surface area (Å²) in [5.41, 5.74) is 21.0. The lowest BCUT2D eigenvalue weighted by atomic mass is 9.49. The van der Waals surface area contributed by atoms with Crippen molar-refractivity contribution in [1.29, 1.82) is 0 Å². The number of halogens is 1. The summed E-state index contributed by atoms with van der Waals surface area (Å²) in [7, 11) is -1.32. The maximum Gasteiger partial charge on any atom is 0.494 e. The Kier molecular flexibility index (Phi) is 20.4. The van der Waals surface area contributed by atoms with Crippen molar-refractivity contribution in [3.63, 3.8) is 0 Å². The molecular formula is C98H86B3BrN4O6S2. The quantitative estimate of drug-likeness (QED) is 0.110. The van der Waals surface area contributed by atoms with E-state index in [9.17, 15) is 0 Å². The predicted octanol–water partition coefficient (Wildman–Crippen LogP) is 25.7. The highest BCUT2D eigenvalue weighted by Crippen LogP contribution is 2.46. The Balaban J connectivity index is 0.000000137. The van der Waals surface area contributed by atoms with E-state index in [0.29, 0.717) is 0 Å². The minimum atomic E-state index is -0.476. The van der Waals surface area contributed by atoms with Crippen LogP contribution in [0.5, 0.6) is 0 Å². The lowest BCUT2D eigenvalue weighted by Crippen LogP contribution is -2.41. The van der Waals surface area contributed by atoms with Crippen LogP contribution in [0.1, 0.15) is 83.1 Å². The number of thiophene rings is 2. The summed E-state index contributed by atoms with van der Waals surface area (Å²) in [6.45, 7) is 24.5. The van der Waals surface area contributed by atoms with Crippen molar-refractivity contribution < 1.29 is 27.9 Å². The Bertz CT molecular complexity index is 6120. The first-order valence-corrected chi connectivity index (χ1v) is 41.3. The smallest absolute Gasteiger partial charge is 0.405 e. The summed E-state index contributed by atoms with van der Waals surface area (Å²) in [6, 6.07) is 107. The van der Waals surface area contributed by atoms with Gasteiger partial charge in [-0.2, -0.15) is 0 Å². The molecule has 16 heteroatoms. The minimum Gasteiger partial charge on any atom is -0.405 e. The van der Waals surface area contributed by atoms with Gasteiger partial charge in [0, 0.05) is 46.9 Å². The highest BCUT2D eigenvalue weighted by Gasteiger charge is 2.64. The largest absolute Gasteiger partial charge is 0.494 e. The highest BCUT2D eigenvalue weighted by atomic mass is 79.9. The Morgan fingerprint density at radius 3 is 0.868 bits per heavy atom. The first-order valence-electron chi connectivity index (χ1n) is 38.9. The van der Waals surface area contributed by atoms with Crippen LogP contribution in [0.4, 0.5) is 0 Å². The standard InChI is InChI=1S/C46H37BN2O2S.C40H25BrN2S.C12H24B2O4/c1-45(2)46(3,4)51-47(50-45)38-27-25-33(26-28-38)32-17-19-34(20-18-32)36-13-10-14-37(29-36)44-48-41(43-42(49-44)39-15-8-9-16-40(39)52-43)35-23-21-31(22-24-35)30-11-6-5-7-12-30;41-34-23-21-29(22-24-34)28-13-15-30(16-14-28)32-9-6-10-33(25-32)40-42-37(39-38(43-40)35-11-4-5-12-36(35)44-39)31-19-17-27(18-20-31)26-7-2-1-3-8-26;1-9(2)10(3,4)16-13(15-9)14-17-11(5,6)12(7,8)18-14/h5-29H,1-4H3;1-25H;1-8H3. The second-order valence-corrected chi connectivity index (χ2v) is 35.5. The maximum atomic E-state index is 6.26. The van der Waals surface area contributed by atoms with Crippen molar-refractivity contribution in [1.82, 2.24) is 19.9 Å². The predicted molar refractivity (Wildman–Crippen MR) is 480 cm³/mol. The summed E-state index contributed by atoms with van der Waals surface area (Å²) in [5.74, 6) is 1.45. The molecule has 4 aromatic heterocycles. The molecule has 0 spiro atoms. The second-order valence-electron chi connectivity index (χ2n) is 32.5. The van der Waals surface area contributed by atoms with E-state index in [-0.39, 0.29) is 40.7 Å². The number of benzene rings is 12. The van der Waals surface area contributed by atoms with Crippen molar-refractivity contribution in [3.8, 4) is 112 Å². The number of nitrogens with zero attached hydrogens (tertiary/aromatic N) is 4. The zero-order chi connectivity index (χ0) is 78.9. The third kappa shape index (κ3) is 15.2. The van der Waals surface area contributed by atoms with Crippen LogP contribution in [0.15, 0.2) is 308 Å². The van der Waals surface area contributed by atoms with Crippen molar-refractivity contribution >= 4 is 106 Å². The second kappa shape index (κ2) is 30.5. The van der Waals surface area contributed by atoms with Crippen molar-refractivity contribution in [2.24, 2.45) is 0 Å². The van der Waals surface area contributed by atoms with E-state index in [0.717, 1.165) is 120 Å². The Labute approximate surface area is 685 Å². The first-order chi connectivity index (χ1) is 54.8. The molecule has 0 amide bonds.